The van der Waals surface area contributed by atoms with Gasteiger partial charge in [0.1, 0.15) is 19.3 Å². The zero-order valence-electron chi connectivity index (χ0n) is 16.1. The minimum Gasteiger partial charge on any atom is -0.444 e. The number of amides is 1. The first-order valence-electron chi connectivity index (χ1n) is 9.08. The number of benzene rings is 1. The summed E-state index contributed by atoms with van der Waals surface area (Å²) in [5.41, 5.74) is 2.13. The summed E-state index contributed by atoms with van der Waals surface area (Å²) >= 11 is 0. The molecular weight excluding hydrogens is 325 g/mol. The van der Waals surface area contributed by atoms with Crippen molar-refractivity contribution in [2.75, 3.05) is 0 Å². The number of carbonyl (C=O) groups excluding carboxylic acids is 1. The molecule has 136 valence electrons. The Hall–Kier alpha value is -2.24. The fourth-order valence-corrected chi connectivity index (χ4v) is 3.39. The standard InChI is InChI=1S/C20H26BN3O2/c1-12-10-17(24(13(12)2)19(25)26-20(3,4)5)18-22-11-16(23-18)14-6-8-15(21)9-7-14/h6-9,11-13,17H,10H2,1-5H3,(H,22,23)/t12-,13-,17+/m1/s1. The summed E-state index contributed by atoms with van der Waals surface area (Å²) in [6, 6.07) is 7.62. The van der Waals surface area contributed by atoms with Crippen molar-refractivity contribution in [1.29, 1.82) is 0 Å². The van der Waals surface area contributed by atoms with Gasteiger partial charge in [0, 0.05) is 6.04 Å². The first-order chi connectivity index (χ1) is 12.2. The summed E-state index contributed by atoms with van der Waals surface area (Å²) in [5.74, 6) is 1.16. The molecule has 2 aromatic rings. The van der Waals surface area contributed by atoms with Gasteiger partial charge in [0.15, 0.2) is 0 Å². The van der Waals surface area contributed by atoms with E-state index < -0.39 is 5.60 Å². The first-order valence-corrected chi connectivity index (χ1v) is 9.08. The van der Waals surface area contributed by atoms with E-state index in [1.807, 2.05) is 56.1 Å². The monoisotopic (exact) mass is 351 g/mol. The number of nitrogens with one attached hydrogen (secondary N) is 1. The predicted octanol–water partition coefficient (Wildman–Crippen LogP) is 3.58. The van der Waals surface area contributed by atoms with Crippen molar-refractivity contribution in [3.05, 3.63) is 36.3 Å². The summed E-state index contributed by atoms with van der Waals surface area (Å²) in [6.07, 6.45) is 2.38. The van der Waals surface area contributed by atoms with Gasteiger partial charge in [0.2, 0.25) is 0 Å². The van der Waals surface area contributed by atoms with Crippen LogP contribution in [0.1, 0.15) is 52.9 Å². The van der Waals surface area contributed by atoms with E-state index in [9.17, 15) is 4.79 Å². The van der Waals surface area contributed by atoms with Crippen LogP contribution in [-0.4, -0.2) is 40.5 Å². The average Bonchev–Trinajstić information content (AvgIpc) is 3.12. The highest BCUT2D eigenvalue weighted by Crippen LogP contribution is 2.40. The molecule has 26 heavy (non-hydrogen) atoms. The molecule has 1 amide bonds. The van der Waals surface area contributed by atoms with Crippen LogP contribution in [0.3, 0.4) is 0 Å². The van der Waals surface area contributed by atoms with Gasteiger partial charge in [-0.15, -0.1) is 0 Å². The highest BCUT2D eigenvalue weighted by atomic mass is 16.6. The number of carbonyl (C=O) groups is 1. The lowest BCUT2D eigenvalue weighted by Gasteiger charge is -2.31. The van der Waals surface area contributed by atoms with Crippen LogP contribution in [0.15, 0.2) is 30.5 Å². The number of H-pyrrole nitrogens is 1. The molecule has 0 unspecified atom stereocenters. The quantitative estimate of drug-likeness (QED) is 0.842. The molecule has 0 aliphatic carbocycles. The van der Waals surface area contributed by atoms with Gasteiger partial charge < -0.3 is 9.72 Å². The minimum atomic E-state index is -0.522. The van der Waals surface area contributed by atoms with Crippen LogP contribution in [0, 0.1) is 5.92 Å². The molecular formula is C20H26BN3O2. The van der Waals surface area contributed by atoms with E-state index in [-0.39, 0.29) is 18.2 Å². The summed E-state index contributed by atoms with van der Waals surface area (Å²) < 4.78 is 5.63. The van der Waals surface area contributed by atoms with Crippen molar-refractivity contribution in [2.24, 2.45) is 5.92 Å². The van der Waals surface area contributed by atoms with Gasteiger partial charge in [-0.1, -0.05) is 36.7 Å². The zero-order valence-corrected chi connectivity index (χ0v) is 16.1. The fourth-order valence-electron chi connectivity index (χ4n) is 3.39. The number of rotatable bonds is 2. The maximum atomic E-state index is 12.8. The third kappa shape index (κ3) is 3.79. The van der Waals surface area contributed by atoms with Gasteiger partial charge in [-0.2, -0.15) is 0 Å². The molecule has 2 heterocycles. The molecule has 0 saturated carbocycles. The molecule has 2 radical (unpaired) electrons. The summed E-state index contributed by atoms with van der Waals surface area (Å²) in [4.78, 5) is 22.5. The van der Waals surface area contributed by atoms with Crippen molar-refractivity contribution in [3.63, 3.8) is 0 Å². The van der Waals surface area contributed by atoms with Crippen LogP contribution in [0.25, 0.3) is 11.3 Å². The van der Waals surface area contributed by atoms with Gasteiger partial charge in [0.05, 0.1) is 17.9 Å². The maximum absolute atomic E-state index is 12.8. The van der Waals surface area contributed by atoms with E-state index >= 15 is 0 Å². The normalized spacial score (nSPS) is 23.3. The SMILES string of the molecule is [B]c1ccc(-c2cnc([C@@H]3C[C@@H](C)[C@@H](C)N3C(=O)OC(C)(C)C)[nH]2)cc1. The number of nitrogens with zero attached hydrogens (tertiary/aromatic N) is 2. The Morgan fingerprint density at radius 2 is 1.92 bits per heavy atom. The molecule has 1 aliphatic rings. The second-order valence-electron chi connectivity index (χ2n) is 8.16. The highest BCUT2D eigenvalue weighted by molar-refractivity contribution is 6.32. The topological polar surface area (TPSA) is 58.2 Å². The Bertz CT molecular complexity index is 779. The Balaban J connectivity index is 1.87. The summed E-state index contributed by atoms with van der Waals surface area (Å²) in [5, 5.41) is 0. The Morgan fingerprint density at radius 3 is 2.54 bits per heavy atom. The lowest BCUT2D eigenvalue weighted by atomic mass is 9.95. The molecule has 3 rings (SSSR count). The van der Waals surface area contributed by atoms with Crippen molar-refractivity contribution in [2.45, 2.75) is 58.7 Å². The molecule has 0 spiro atoms. The molecule has 1 aromatic carbocycles. The molecule has 1 saturated heterocycles. The zero-order chi connectivity index (χ0) is 19.1. The highest BCUT2D eigenvalue weighted by Gasteiger charge is 2.43. The molecule has 1 aromatic heterocycles. The number of hydrogen-bond acceptors (Lipinski definition) is 3. The van der Waals surface area contributed by atoms with E-state index in [0.29, 0.717) is 5.92 Å². The average molecular weight is 351 g/mol. The Labute approximate surface area is 156 Å². The van der Waals surface area contributed by atoms with E-state index in [4.69, 9.17) is 12.6 Å². The number of hydrogen-bond donors (Lipinski definition) is 1. The maximum Gasteiger partial charge on any atom is 0.411 e. The largest absolute Gasteiger partial charge is 0.444 e. The predicted molar refractivity (Wildman–Crippen MR) is 103 cm³/mol. The van der Waals surface area contributed by atoms with Crippen LogP contribution in [-0.2, 0) is 4.74 Å². The number of likely N-dealkylation sites (tertiary alicyclic amines) is 1. The molecule has 6 heteroatoms. The number of imidazole rings is 1. The van der Waals surface area contributed by atoms with E-state index in [1.165, 1.54) is 0 Å². The van der Waals surface area contributed by atoms with Crippen molar-refractivity contribution < 1.29 is 9.53 Å². The molecule has 0 bridgehead atoms. The Kier molecular flexibility index (Phi) is 4.87. The fraction of sp³-hybridized carbons (Fsp3) is 0.500. The Morgan fingerprint density at radius 1 is 1.27 bits per heavy atom. The van der Waals surface area contributed by atoms with Crippen LogP contribution < -0.4 is 5.46 Å². The second-order valence-corrected chi connectivity index (χ2v) is 8.16. The summed E-state index contributed by atoms with van der Waals surface area (Å²) in [7, 11) is 5.76. The number of ether oxygens (including phenoxy) is 1. The van der Waals surface area contributed by atoms with E-state index in [0.717, 1.165) is 29.0 Å². The van der Waals surface area contributed by atoms with Gasteiger partial charge >= 0.3 is 6.09 Å². The molecule has 1 N–H and O–H groups in total. The van der Waals surface area contributed by atoms with Crippen LogP contribution in [0.4, 0.5) is 4.79 Å². The van der Waals surface area contributed by atoms with Crippen LogP contribution in [0.5, 0.6) is 0 Å². The molecule has 5 nitrogen and oxygen atoms in total. The first kappa shape index (κ1) is 18.6. The lowest BCUT2D eigenvalue weighted by Crippen LogP contribution is -2.41. The van der Waals surface area contributed by atoms with Crippen molar-refractivity contribution in [1.82, 2.24) is 14.9 Å². The number of aromatic nitrogens is 2. The molecule has 1 aliphatic heterocycles. The molecule has 1 fully saturated rings. The van der Waals surface area contributed by atoms with Gasteiger partial charge in [0.25, 0.3) is 0 Å². The lowest BCUT2D eigenvalue weighted by molar-refractivity contribution is 0.0140. The van der Waals surface area contributed by atoms with E-state index in [2.05, 4.69) is 23.8 Å². The van der Waals surface area contributed by atoms with Crippen LogP contribution in [0.2, 0.25) is 0 Å². The van der Waals surface area contributed by atoms with Crippen molar-refractivity contribution in [3.8, 4) is 11.3 Å². The third-order valence-electron chi connectivity index (χ3n) is 4.93. The van der Waals surface area contributed by atoms with Gasteiger partial charge in [-0.25, -0.2) is 9.78 Å². The third-order valence-corrected chi connectivity index (χ3v) is 4.93. The minimum absolute atomic E-state index is 0.0972. The van der Waals surface area contributed by atoms with Gasteiger partial charge in [-0.05, 0) is 45.6 Å². The second kappa shape index (κ2) is 6.82. The smallest absolute Gasteiger partial charge is 0.411 e. The van der Waals surface area contributed by atoms with Crippen LogP contribution >= 0.6 is 0 Å². The molecule has 3 atom stereocenters. The van der Waals surface area contributed by atoms with Crippen molar-refractivity contribution >= 4 is 19.4 Å². The number of aromatic amines is 1. The van der Waals surface area contributed by atoms with E-state index in [1.54, 1.807) is 0 Å². The van der Waals surface area contributed by atoms with Gasteiger partial charge in [-0.3, -0.25) is 4.90 Å². The summed E-state index contributed by atoms with van der Waals surface area (Å²) in [6.45, 7) is 9.88.